The molecule has 0 spiro atoms. The second kappa shape index (κ2) is 5.11. The lowest BCUT2D eigenvalue weighted by molar-refractivity contribution is 0.438. The largest absolute Gasteiger partial charge is 0.314 e. The van der Waals surface area contributed by atoms with Gasteiger partial charge in [0.05, 0.1) is 0 Å². The summed E-state index contributed by atoms with van der Waals surface area (Å²) in [5, 5.41) is 8.27. The van der Waals surface area contributed by atoms with Crippen molar-refractivity contribution in [1.82, 2.24) is 5.32 Å². The van der Waals surface area contributed by atoms with Crippen LogP contribution in [0.1, 0.15) is 38.2 Å². The minimum Gasteiger partial charge on any atom is -0.314 e. The molecule has 94 valence electrons. The molecule has 2 fully saturated rings. The van der Waals surface area contributed by atoms with E-state index in [0.717, 1.165) is 30.3 Å². The summed E-state index contributed by atoms with van der Waals surface area (Å²) in [6.07, 6.45) is 7.21. The Labute approximate surface area is 109 Å². The average Bonchev–Trinajstić information content (AvgIpc) is 2.85. The van der Waals surface area contributed by atoms with Crippen LogP contribution < -0.4 is 5.32 Å². The van der Waals surface area contributed by atoms with Crippen LogP contribution in [0.15, 0.2) is 16.8 Å². The molecule has 2 heteroatoms. The van der Waals surface area contributed by atoms with Gasteiger partial charge in [-0.3, -0.25) is 0 Å². The predicted molar refractivity (Wildman–Crippen MR) is 74.4 cm³/mol. The predicted octanol–water partition coefficient (Wildman–Crippen LogP) is 3.70. The van der Waals surface area contributed by atoms with Crippen molar-refractivity contribution in [3.05, 3.63) is 22.4 Å². The summed E-state index contributed by atoms with van der Waals surface area (Å²) in [5.41, 5.74) is 1.53. The molecule has 1 N–H and O–H groups in total. The van der Waals surface area contributed by atoms with Crippen LogP contribution in [-0.4, -0.2) is 12.6 Å². The standard InChI is InChI=1S/C15H23NS/c1-2-16-14(9-11-7-8-17-10-11)15-12-5-3-4-6-13(12)15/h7-8,10,12-16H,2-6,9H2,1H3. The molecule has 0 radical (unpaired) electrons. The van der Waals surface area contributed by atoms with E-state index in [1.165, 1.54) is 37.7 Å². The summed E-state index contributed by atoms with van der Waals surface area (Å²) in [4.78, 5) is 0. The maximum Gasteiger partial charge on any atom is 0.0141 e. The van der Waals surface area contributed by atoms with Gasteiger partial charge < -0.3 is 5.32 Å². The molecule has 1 aromatic rings. The highest BCUT2D eigenvalue weighted by Crippen LogP contribution is 2.57. The van der Waals surface area contributed by atoms with E-state index in [1.54, 1.807) is 0 Å². The Morgan fingerprint density at radius 1 is 1.35 bits per heavy atom. The Morgan fingerprint density at radius 2 is 2.12 bits per heavy atom. The molecule has 0 aromatic carbocycles. The quantitative estimate of drug-likeness (QED) is 0.839. The normalized spacial score (nSPS) is 33.1. The zero-order valence-electron chi connectivity index (χ0n) is 10.7. The van der Waals surface area contributed by atoms with E-state index in [0.29, 0.717) is 0 Å². The van der Waals surface area contributed by atoms with Crippen molar-refractivity contribution in [3.63, 3.8) is 0 Å². The Balaban J connectivity index is 1.64. The summed E-state index contributed by atoms with van der Waals surface area (Å²) in [6.45, 7) is 3.36. The third-order valence-corrected chi connectivity index (χ3v) is 5.42. The molecule has 1 heterocycles. The van der Waals surface area contributed by atoms with Gasteiger partial charge in [-0.1, -0.05) is 19.8 Å². The number of fused-ring (bicyclic) bond motifs is 1. The summed E-state index contributed by atoms with van der Waals surface area (Å²) in [7, 11) is 0. The monoisotopic (exact) mass is 249 g/mol. The van der Waals surface area contributed by atoms with Gasteiger partial charge in [-0.05, 0) is 66.0 Å². The fourth-order valence-corrected chi connectivity index (χ4v) is 4.60. The summed E-state index contributed by atoms with van der Waals surface area (Å²) < 4.78 is 0. The van der Waals surface area contributed by atoms with E-state index in [4.69, 9.17) is 0 Å². The third-order valence-electron chi connectivity index (χ3n) is 4.69. The van der Waals surface area contributed by atoms with Gasteiger partial charge in [0.25, 0.3) is 0 Å². The summed E-state index contributed by atoms with van der Waals surface area (Å²) in [6, 6.07) is 3.03. The lowest BCUT2D eigenvalue weighted by atomic mass is 10.0. The summed E-state index contributed by atoms with van der Waals surface area (Å²) in [5.74, 6) is 3.11. The molecular formula is C15H23NS. The lowest BCUT2D eigenvalue weighted by Crippen LogP contribution is -2.34. The number of thiophene rings is 1. The molecule has 2 aliphatic carbocycles. The number of rotatable bonds is 5. The molecule has 1 nitrogen and oxygen atoms in total. The number of hydrogen-bond acceptors (Lipinski definition) is 2. The zero-order valence-corrected chi connectivity index (χ0v) is 11.5. The first-order valence-electron chi connectivity index (χ1n) is 7.14. The minimum absolute atomic E-state index is 0.739. The highest BCUT2D eigenvalue weighted by molar-refractivity contribution is 7.07. The molecule has 3 atom stereocenters. The maximum atomic E-state index is 3.74. The first-order valence-corrected chi connectivity index (χ1v) is 8.09. The van der Waals surface area contributed by atoms with E-state index in [9.17, 15) is 0 Å². The third kappa shape index (κ3) is 2.43. The fourth-order valence-electron chi connectivity index (χ4n) is 3.91. The van der Waals surface area contributed by atoms with Crippen molar-refractivity contribution >= 4 is 11.3 Å². The van der Waals surface area contributed by atoms with E-state index in [-0.39, 0.29) is 0 Å². The van der Waals surface area contributed by atoms with Gasteiger partial charge in [-0.15, -0.1) is 0 Å². The van der Waals surface area contributed by atoms with Crippen molar-refractivity contribution in [1.29, 1.82) is 0 Å². The second-order valence-electron chi connectivity index (χ2n) is 5.69. The van der Waals surface area contributed by atoms with Gasteiger partial charge in [-0.25, -0.2) is 0 Å². The SMILES string of the molecule is CCNC(Cc1ccsc1)C1C2CCCCC21. The van der Waals surface area contributed by atoms with E-state index in [2.05, 4.69) is 29.1 Å². The van der Waals surface area contributed by atoms with Crippen molar-refractivity contribution in [3.8, 4) is 0 Å². The van der Waals surface area contributed by atoms with Crippen LogP contribution in [0.3, 0.4) is 0 Å². The summed E-state index contributed by atoms with van der Waals surface area (Å²) >= 11 is 1.83. The molecule has 0 amide bonds. The molecule has 3 unspecified atom stereocenters. The van der Waals surface area contributed by atoms with E-state index < -0.39 is 0 Å². The van der Waals surface area contributed by atoms with Gasteiger partial charge >= 0.3 is 0 Å². The van der Waals surface area contributed by atoms with Crippen LogP contribution in [0.2, 0.25) is 0 Å². The lowest BCUT2D eigenvalue weighted by Gasteiger charge is -2.17. The van der Waals surface area contributed by atoms with Crippen molar-refractivity contribution < 1.29 is 0 Å². The minimum atomic E-state index is 0.739. The number of hydrogen-bond donors (Lipinski definition) is 1. The fraction of sp³-hybridized carbons (Fsp3) is 0.733. The van der Waals surface area contributed by atoms with Gasteiger partial charge in [0.2, 0.25) is 0 Å². The van der Waals surface area contributed by atoms with Crippen LogP contribution in [0.4, 0.5) is 0 Å². The average molecular weight is 249 g/mol. The Bertz CT molecular complexity index is 334. The molecule has 1 aromatic heterocycles. The smallest absolute Gasteiger partial charge is 0.0141 e. The topological polar surface area (TPSA) is 12.0 Å². The van der Waals surface area contributed by atoms with Crippen molar-refractivity contribution in [2.45, 2.75) is 45.1 Å². The first-order chi connectivity index (χ1) is 8.40. The van der Waals surface area contributed by atoms with E-state index in [1.807, 2.05) is 11.3 Å². The molecule has 0 aliphatic heterocycles. The Hall–Kier alpha value is -0.340. The van der Waals surface area contributed by atoms with E-state index >= 15 is 0 Å². The maximum absolute atomic E-state index is 3.74. The molecule has 17 heavy (non-hydrogen) atoms. The number of likely N-dealkylation sites (N-methyl/N-ethyl adjacent to an activating group) is 1. The molecule has 0 bridgehead atoms. The zero-order chi connectivity index (χ0) is 11.7. The van der Waals surface area contributed by atoms with Crippen LogP contribution in [0, 0.1) is 17.8 Å². The van der Waals surface area contributed by atoms with Crippen molar-refractivity contribution in [2.75, 3.05) is 6.54 Å². The first kappa shape index (κ1) is 11.7. The Kier molecular flexibility index (Phi) is 3.53. The van der Waals surface area contributed by atoms with Gasteiger partial charge in [0.15, 0.2) is 0 Å². The van der Waals surface area contributed by atoms with Gasteiger partial charge in [-0.2, -0.15) is 11.3 Å². The van der Waals surface area contributed by atoms with Gasteiger partial charge in [0.1, 0.15) is 0 Å². The molecule has 2 aliphatic rings. The Morgan fingerprint density at radius 3 is 2.71 bits per heavy atom. The second-order valence-corrected chi connectivity index (χ2v) is 6.47. The molecule has 3 rings (SSSR count). The highest BCUT2D eigenvalue weighted by Gasteiger charge is 2.53. The van der Waals surface area contributed by atoms with Crippen LogP contribution >= 0.6 is 11.3 Å². The molecule has 2 saturated carbocycles. The van der Waals surface area contributed by atoms with Gasteiger partial charge in [0, 0.05) is 6.04 Å². The molecular weight excluding hydrogens is 226 g/mol. The number of nitrogens with one attached hydrogen (secondary N) is 1. The molecule has 0 saturated heterocycles. The highest BCUT2D eigenvalue weighted by atomic mass is 32.1. The van der Waals surface area contributed by atoms with Crippen LogP contribution in [0.25, 0.3) is 0 Å². The van der Waals surface area contributed by atoms with Crippen molar-refractivity contribution in [2.24, 2.45) is 17.8 Å². The van der Waals surface area contributed by atoms with Crippen LogP contribution in [-0.2, 0) is 6.42 Å². The van der Waals surface area contributed by atoms with Crippen LogP contribution in [0.5, 0.6) is 0 Å².